The molecule has 0 amide bonds. The molecule has 2 N–H and O–H groups in total. The number of methoxy groups -OCH3 is 1. The van der Waals surface area contributed by atoms with Gasteiger partial charge in [0.1, 0.15) is 11.5 Å². The van der Waals surface area contributed by atoms with E-state index in [-0.39, 0.29) is 11.8 Å². The molecule has 112 valence electrons. The lowest BCUT2D eigenvalue weighted by Gasteiger charge is -2.19. The van der Waals surface area contributed by atoms with E-state index in [1.54, 1.807) is 13.2 Å². The van der Waals surface area contributed by atoms with Crippen LogP contribution in [0.25, 0.3) is 0 Å². The summed E-state index contributed by atoms with van der Waals surface area (Å²) in [6.45, 7) is 5.11. The van der Waals surface area contributed by atoms with Crippen molar-refractivity contribution in [2.24, 2.45) is 0 Å². The van der Waals surface area contributed by atoms with Gasteiger partial charge in [0.05, 0.1) is 7.11 Å². The van der Waals surface area contributed by atoms with Crippen LogP contribution in [0.3, 0.4) is 0 Å². The number of ether oxygens (including phenoxy) is 1. The third-order valence-electron chi connectivity index (χ3n) is 3.80. The third-order valence-corrected chi connectivity index (χ3v) is 3.80. The first-order chi connectivity index (χ1) is 10.1. The lowest BCUT2D eigenvalue weighted by molar-refractivity contribution is 0.403. The van der Waals surface area contributed by atoms with Gasteiger partial charge in [0.15, 0.2) is 0 Å². The molecule has 21 heavy (non-hydrogen) atoms. The second-order valence-electron chi connectivity index (χ2n) is 5.37. The van der Waals surface area contributed by atoms with Gasteiger partial charge >= 0.3 is 0 Å². The molecule has 0 saturated heterocycles. The van der Waals surface area contributed by atoms with Gasteiger partial charge in [-0.15, -0.1) is 0 Å². The van der Waals surface area contributed by atoms with E-state index in [0.29, 0.717) is 11.7 Å². The van der Waals surface area contributed by atoms with Crippen molar-refractivity contribution in [1.29, 1.82) is 0 Å². The van der Waals surface area contributed by atoms with E-state index >= 15 is 0 Å². The second-order valence-corrected chi connectivity index (χ2v) is 5.37. The van der Waals surface area contributed by atoms with Crippen molar-refractivity contribution in [3.63, 3.8) is 0 Å². The molecule has 0 aliphatic heterocycles. The summed E-state index contributed by atoms with van der Waals surface area (Å²) < 4.78 is 5.11. The predicted octanol–water partition coefficient (Wildman–Crippen LogP) is 3.86. The van der Waals surface area contributed by atoms with Gasteiger partial charge in [0.2, 0.25) is 0 Å². The van der Waals surface area contributed by atoms with Crippen molar-refractivity contribution >= 4 is 0 Å². The lowest BCUT2D eigenvalue weighted by Crippen LogP contribution is -2.23. The smallest absolute Gasteiger partial charge is 0.124 e. The summed E-state index contributed by atoms with van der Waals surface area (Å²) in [4.78, 5) is 0. The summed E-state index contributed by atoms with van der Waals surface area (Å²) in [5.41, 5.74) is 2.20. The first kappa shape index (κ1) is 15.4. The first-order valence-corrected chi connectivity index (χ1v) is 7.27. The molecule has 0 spiro atoms. The zero-order chi connectivity index (χ0) is 15.2. The van der Waals surface area contributed by atoms with Crippen molar-refractivity contribution in [2.75, 3.05) is 13.7 Å². The Hall–Kier alpha value is -2.00. The third kappa shape index (κ3) is 3.99. The molecule has 2 rings (SSSR count). The molecule has 0 bridgehead atoms. The molecule has 0 saturated carbocycles. The number of hydrogen-bond acceptors (Lipinski definition) is 3. The minimum Gasteiger partial charge on any atom is -0.507 e. The van der Waals surface area contributed by atoms with E-state index in [1.807, 2.05) is 18.2 Å². The fourth-order valence-corrected chi connectivity index (χ4v) is 2.38. The molecule has 3 nitrogen and oxygen atoms in total. The maximum atomic E-state index is 10.1. The highest BCUT2D eigenvalue weighted by molar-refractivity contribution is 5.41. The Bertz CT molecular complexity index is 569. The quantitative estimate of drug-likeness (QED) is 0.847. The van der Waals surface area contributed by atoms with Crippen LogP contribution in [0.1, 0.15) is 36.9 Å². The molecule has 2 atom stereocenters. The zero-order valence-electron chi connectivity index (χ0n) is 12.8. The van der Waals surface area contributed by atoms with Crippen LogP contribution in [0.4, 0.5) is 0 Å². The number of phenolic OH excluding ortho intramolecular Hbond substituents is 1. The molecule has 0 fully saturated rings. The number of rotatable bonds is 6. The largest absolute Gasteiger partial charge is 0.507 e. The summed E-state index contributed by atoms with van der Waals surface area (Å²) in [5, 5.41) is 13.5. The van der Waals surface area contributed by atoms with Gasteiger partial charge < -0.3 is 15.2 Å². The lowest BCUT2D eigenvalue weighted by atomic mass is 10.00. The molecule has 0 radical (unpaired) electrons. The SMILES string of the molecule is COc1ccc(C(C)NCC(C)c2ccccc2)c(O)c1. The maximum Gasteiger partial charge on any atom is 0.124 e. The Balaban J connectivity index is 1.97. The standard InChI is InChI=1S/C18H23NO2/c1-13(15-7-5-4-6-8-15)12-19-14(2)17-10-9-16(21-3)11-18(17)20/h4-11,13-14,19-20H,12H2,1-3H3. The Labute approximate surface area is 126 Å². The highest BCUT2D eigenvalue weighted by Gasteiger charge is 2.12. The van der Waals surface area contributed by atoms with Crippen LogP contribution in [-0.2, 0) is 0 Å². The van der Waals surface area contributed by atoms with E-state index < -0.39 is 0 Å². The van der Waals surface area contributed by atoms with Crippen molar-refractivity contribution in [2.45, 2.75) is 25.8 Å². The van der Waals surface area contributed by atoms with Gasteiger partial charge in [-0.05, 0) is 24.5 Å². The fraction of sp³-hybridized carbons (Fsp3) is 0.333. The molecule has 2 aromatic rings. The fourth-order valence-electron chi connectivity index (χ4n) is 2.38. The van der Waals surface area contributed by atoms with Crippen LogP contribution in [0.2, 0.25) is 0 Å². The van der Waals surface area contributed by atoms with E-state index in [1.165, 1.54) is 5.56 Å². The molecule has 3 heteroatoms. The zero-order valence-corrected chi connectivity index (χ0v) is 12.8. The summed E-state index contributed by atoms with van der Waals surface area (Å²) in [6.07, 6.45) is 0. The van der Waals surface area contributed by atoms with Gasteiger partial charge in [-0.2, -0.15) is 0 Å². The maximum absolute atomic E-state index is 10.1. The van der Waals surface area contributed by atoms with Gasteiger partial charge in [-0.3, -0.25) is 0 Å². The Morgan fingerprint density at radius 3 is 2.43 bits per heavy atom. The normalized spacial score (nSPS) is 13.7. The number of nitrogens with one attached hydrogen (secondary N) is 1. The molecule has 0 aliphatic rings. The number of aromatic hydroxyl groups is 1. The van der Waals surface area contributed by atoms with Crippen molar-refractivity contribution in [3.8, 4) is 11.5 Å². The molecular formula is C18H23NO2. The van der Waals surface area contributed by atoms with Crippen LogP contribution in [0.15, 0.2) is 48.5 Å². The molecule has 0 aliphatic carbocycles. The predicted molar refractivity (Wildman–Crippen MR) is 85.9 cm³/mol. The highest BCUT2D eigenvalue weighted by atomic mass is 16.5. The Morgan fingerprint density at radius 2 is 1.81 bits per heavy atom. The first-order valence-electron chi connectivity index (χ1n) is 7.27. The van der Waals surface area contributed by atoms with Gasteiger partial charge in [0, 0.05) is 24.2 Å². The molecule has 0 heterocycles. The number of phenols is 1. The second kappa shape index (κ2) is 7.14. The van der Waals surface area contributed by atoms with E-state index in [9.17, 15) is 5.11 Å². The molecule has 2 aromatic carbocycles. The minimum atomic E-state index is 0.0852. The minimum absolute atomic E-state index is 0.0852. The monoisotopic (exact) mass is 285 g/mol. The van der Waals surface area contributed by atoms with Crippen molar-refractivity contribution in [3.05, 3.63) is 59.7 Å². The average molecular weight is 285 g/mol. The number of hydrogen-bond donors (Lipinski definition) is 2. The van der Waals surface area contributed by atoms with E-state index in [4.69, 9.17) is 4.74 Å². The summed E-state index contributed by atoms with van der Waals surface area (Å²) in [5.74, 6) is 1.36. The Morgan fingerprint density at radius 1 is 1.10 bits per heavy atom. The van der Waals surface area contributed by atoms with Crippen LogP contribution in [-0.4, -0.2) is 18.8 Å². The molecule has 0 aromatic heterocycles. The van der Waals surface area contributed by atoms with Crippen LogP contribution in [0.5, 0.6) is 11.5 Å². The van der Waals surface area contributed by atoms with E-state index in [0.717, 1.165) is 12.1 Å². The Kier molecular flexibility index (Phi) is 5.23. The van der Waals surface area contributed by atoms with Gasteiger partial charge in [0.25, 0.3) is 0 Å². The highest BCUT2D eigenvalue weighted by Crippen LogP contribution is 2.28. The summed E-state index contributed by atoms with van der Waals surface area (Å²) in [7, 11) is 1.59. The number of benzene rings is 2. The van der Waals surface area contributed by atoms with Gasteiger partial charge in [-0.25, -0.2) is 0 Å². The topological polar surface area (TPSA) is 41.5 Å². The van der Waals surface area contributed by atoms with Crippen LogP contribution < -0.4 is 10.1 Å². The average Bonchev–Trinajstić information content (AvgIpc) is 2.52. The molecular weight excluding hydrogens is 262 g/mol. The van der Waals surface area contributed by atoms with E-state index in [2.05, 4.69) is 43.4 Å². The van der Waals surface area contributed by atoms with Crippen LogP contribution >= 0.6 is 0 Å². The van der Waals surface area contributed by atoms with Crippen molar-refractivity contribution in [1.82, 2.24) is 5.32 Å². The summed E-state index contributed by atoms with van der Waals surface area (Å²) >= 11 is 0. The van der Waals surface area contributed by atoms with Crippen LogP contribution in [0, 0.1) is 0 Å². The molecule has 2 unspecified atom stereocenters. The van der Waals surface area contributed by atoms with Gasteiger partial charge in [-0.1, -0.05) is 43.3 Å². The summed E-state index contributed by atoms with van der Waals surface area (Å²) in [6, 6.07) is 15.9. The van der Waals surface area contributed by atoms with Crippen molar-refractivity contribution < 1.29 is 9.84 Å².